The molecule has 1 saturated carbocycles. The van der Waals surface area contributed by atoms with E-state index in [1.54, 1.807) is 4.57 Å². The number of rotatable bonds is 4. The van der Waals surface area contributed by atoms with Crippen LogP contribution in [-0.2, 0) is 4.74 Å². The maximum Gasteiger partial charge on any atom is 0.167 e. The zero-order valence-corrected chi connectivity index (χ0v) is 14.8. The molecule has 1 aliphatic heterocycles. The van der Waals surface area contributed by atoms with Crippen molar-refractivity contribution >= 4 is 17.0 Å². The van der Waals surface area contributed by atoms with Crippen LogP contribution in [0.3, 0.4) is 0 Å². The van der Waals surface area contributed by atoms with Crippen LogP contribution < -0.4 is 4.90 Å². The Hall–Kier alpha value is -1.81. The maximum atomic E-state index is 10.3. The number of aromatic nitrogens is 4. The van der Waals surface area contributed by atoms with Crippen molar-refractivity contribution in [2.24, 2.45) is 0 Å². The normalized spacial score (nSPS) is 30.2. The first kappa shape index (κ1) is 17.6. The highest BCUT2D eigenvalue weighted by atomic mass is 16.6. The van der Waals surface area contributed by atoms with Gasteiger partial charge in [0.25, 0.3) is 0 Å². The average molecular weight is 363 g/mol. The highest BCUT2D eigenvalue weighted by Gasteiger charge is 2.44. The first-order valence-electron chi connectivity index (χ1n) is 9.14. The number of fused-ring (bicyclic) bond motifs is 1. The molecule has 1 unspecified atom stereocenters. The Morgan fingerprint density at radius 3 is 2.62 bits per heavy atom. The molecule has 0 spiro atoms. The molecule has 9 nitrogen and oxygen atoms in total. The molecule has 4 atom stereocenters. The topological polar surface area (TPSA) is 117 Å². The third-order valence-electron chi connectivity index (χ3n) is 5.59. The molecule has 4 rings (SSSR count). The largest absolute Gasteiger partial charge is 0.394 e. The molecule has 9 heteroatoms. The molecule has 1 saturated heterocycles. The summed E-state index contributed by atoms with van der Waals surface area (Å²) in [5.74, 6) is 0.757. The van der Waals surface area contributed by atoms with Crippen LogP contribution in [0.2, 0.25) is 0 Å². The molecule has 2 aromatic rings. The summed E-state index contributed by atoms with van der Waals surface area (Å²) in [6, 6.07) is 0.431. The SMILES string of the molecule is CN(c1ncnc2c1ncn2[C@@H]1O[C@H](CO)[C@H](O)C1O)C1CCCCC1. The summed E-state index contributed by atoms with van der Waals surface area (Å²) >= 11 is 0. The number of ether oxygens (including phenoxy) is 1. The Morgan fingerprint density at radius 1 is 1.15 bits per heavy atom. The summed E-state index contributed by atoms with van der Waals surface area (Å²) in [5, 5.41) is 29.6. The number of hydrogen-bond donors (Lipinski definition) is 3. The summed E-state index contributed by atoms with van der Waals surface area (Å²) in [6.45, 7) is -0.369. The smallest absolute Gasteiger partial charge is 0.167 e. The molecule has 2 aromatic heterocycles. The number of imidazole rings is 1. The molecule has 2 aliphatic rings. The van der Waals surface area contributed by atoms with E-state index in [2.05, 4.69) is 19.9 Å². The van der Waals surface area contributed by atoms with Crippen LogP contribution in [0.1, 0.15) is 38.3 Å². The van der Waals surface area contributed by atoms with E-state index in [9.17, 15) is 15.3 Å². The first-order valence-corrected chi connectivity index (χ1v) is 9.14. The predicted octanol–water partition coefficient (Wildman–Crippen LogP) is 0.207. The summed E-state index contributed by atoms with van der Waals surface area (Å²) < 4.78 is 7.20. The quantitative estimate of drug-likeness (QED) is 0.706. The lowest BCUT2D eigenvalue weighted by Crippen LogP contribution is -2.34. The Labute approximate surface area is 151 Å². The van der Waals surface area contributed by atoms with Crippen molar-refractivity contribution in [3.63, 3.8) is 0 Å². The van der Waals surface area contributed by atoms with Crippen molar-refractivity contribution in [1.82, 2.24) is 19.5 Å². The minimum Gasteiger partial charge on any atom is -0.394 e. The lowest BCUT2D eigenvalue weighted by molar-refractivity contribution is -0.0511. The zero-order valence-electron chi connectivity index (χ0n) is 14.8. The van der Waals surface area contributed by atoms with Crippen LogP contribution in [0.5, 0.6) is 0 Å². The van der Waals surface area contributed by atoms with E-state index in [0.717, 1.165) is 18.7 Å². The predicted molar refractivity (Wildman–Crippen MR) is 93.6 cm³/mol. The van der Waals surface area contributed by atoms with E-state index in [4.69, 9.17) is 4.74 Å². The van der Waals surface area contributed by atoms with Crippen LogP contribution >= 0.6 is 0 Å². The molecule has 0 aromatic carbocycles. The van der Waals surface area contributed by atoms with Crippen molar-refractivity contribution in [3.8, 4) is 0 Å². The van der Waals surface area contributed by atoms with Gasteiger partial charge in [-0.15, -0.1) is 0 Å². The van der Waals surface area contributed by atoms with Gasteiger partial charge in [-0.3, -0.25) is 4.57 Å². The molecule has 1 aliphatic carbocycles. The van der Waals surface area contributed by atoms with E-state index < -0.39 is 24.5 Å². The van der Waals surface area contributed by atoms with Gasteiger partial charge >= 0.3 is 0 Å². The van der Waals surface area contributed by atoms with Crippen LogP contribution in [0.4, 0.5) is 5.82 Å². The molecule has 142 valence electrons. The van der Waals surface area contributed by atoms with Crippen molar-refractivity contribution in [2.75, 3.05) is 18.6 Å². The first-order chi connectivity index (χ1) is 12.6. The fraction of sp³-hybridized carbons (Fsp3) is 0.706. The molecular weight excluding hydrogens is 338 g/mol. The monoisotopic (exact) mass is 363 g/mol. The number of aliphatic hydroxyl groups is 3. The van der Waals surface area contributed by atoms with E-state index in [-0.39, 0.29) is 6.61 Å². The van der Waals surface area contributed by atoms with Gasteiger partial charge in [-0.2, -0.15) is 0 Å². The maximum absolute atomic E-state index is 10.3. The summed E-state index contributed by atoms with van der Waals surface area (Å²) in [7, 11) is 2.03. The molecule has 2 fully saturated rings. The second-order valence-electron chi connectivity index (χ2n) is 7.15. The van der Waals surface area contributed by atoms with Crippen molar-refractivity contribution < 1.29 is 20.1 Å². The summed E-state index contributed by atoms with van der Waals surface area (Å²) in [6.07, 6.45) is 5.01. The van der Waals surface area contributed by atoms with Crippen molar-refractivity contribution in [3.05, 3.63) is 12.7 Å². The van der Waals surface area contributed by atoms with E-state index >= 15 is 0 Å². The summed E-state index contributed by atoms with van der Waals surface area (Å²) in [4.78, 5) is 15.4. The standard InChI is InChI=1S/C17H25N5O4/c1-21(10-5-3-2-4-6-10)15-12-16(19-8-18-15)22(9-20-12)17-14(25)13(24)11(7-23)26-17/h8-11,13-14,17,23-25H,2-7H2,1H3/t11-,13+,14?,17-/m1/s1. The molecule has 0 bridgehead atoms. The highest BCUT2D eigenvalue weighted by molar-refractivity contribution is 5.83. The van der Waals surface area contributed by atoms with Gasteiger partial charge in [0.05, 0.1) is 12.9 Å². The summed E-state index contributed by atoms with van der Waals surface area (Å²) in [5.41, 5.74) is 1.17. The molecule has 3 N–H and O–H groups in total. The van der Waals surface area contributed by atoms with E-state index in [1.165, 1.54) is 31.9 Å². The molecule has 0 radical (unpaired) electrons. The van der Waals surface area contributed by atoms with Crippen LogP contribution in [0.15, 0.2) is 12.7 Å². The second kappa shape index (κ2) is 7.07. The van der Waals surface area contributed by atoms with Crippen LogP contribution in [0, 0.1) is 0 Å². The van der Waals surface area contributed by atoms with E-state index in [1.807, 2.05) is 7.05 Å². The fourth-order valence-corrected chi connectivity index (χ4v) is 4.04. The van der Waals surface area contributed by atoms with Gasteiger partial charge in [-0.05, 0) is 12.8 Å². The Balaban J connectivity index is 1.67. The number of nitrogens with zero attached hydrogens (tertiary/aromatic N) is 5. The van der Waals surface area contributed by atoms with E-state index in [0.29, 0.717) is 17.2 Å². The molecule has 0 amide bonds. The average Bonchev–Trinajstić information content (AvgIpc) is 3.23. The number of anilines is 1. The van der Waals surface area contributed by atoms with Crippen molar-refractivity contribution in [2.45, 2.75) is 62.7 Å². The van der Waals surface area contributed by atoms with Gasteiger partial charge in [0.15, 0.2) is 23.2 Å². The van der Waals surface area contributed by atoms with Gasteiger partial charge < -0.3 is 25.0 Å². The van der Waals surface area contributed by atoms with Gasteiger partial charge in [-0.1, -0.05) is 19.3 Å². The second-order valence-corrected chi connectivity index (χ2v) is 7.15. The Morgan fingerprint density at radius 2 is 1.92 bits per heavy atom. The van der Waals surface area contributed by atoms with Crippen LogP contribution in [-0.4, -0.2) is 72.8 Å². The Bertz CT molecular complexity index is 763. The van der Waals surface area contributed by atoms with Gasteiger partial charge in [0.2, 0.25) is 0 Å². The van der Waals surface area contributed by atoms with Gasteiger partial charge in [0.1, 0.15) is 24.6 Å². The lowest BCUT2D eigenvalue weighted by Gasteiger charge is -2.32. The lowest BCUT2D eigenvalue weighted by atomic mass is 9.94. The number of aliphatic hydroxyl groups excluding tert-OH is 3. The van der Waals surface area contributed by atoms with Gasteiger partial charge in [0, 0.05) is 13.1 Å². The van der Waals surface area contributed by atoms with Gasteiger partial charge in [-0.25, -0.2) is 15.0 Å². The number of hydrogen-bond acceptors (Lipinski definition) is 8. The minimum atomic E-state index is -1.17. The molecule has 26 heavy (non-hydrogen) atoms. The third-order valence-corrected chi connectivity index (χ3v) is 5.59. The Kier molecular flexibility index (Phi) is 4.78. The van der Waals surface area contributed by atoms with Crippen LogP contribution in [0.25, 0.3) is 11.2 Å². The highest BCUT2D eigenvalue weighted by Crippen LogP contribution is 2.33. The fourth-order valence-electron chi connectivity index (χ4n) is 4.04. The third kappa shape index (κ3) is 2.84. The molecule has 3 heterocycles. The molecular formula is C17H25N5O4. The van der Waals surface area contributed by atoms with Crippen molar-refractivity contribution in [1.29, 1.82) is 0 Å². The zero-order chi connectivity index (χ0) is 18.3. The minimum absolute atomic E-state index is 0.369.